The first kappa shape index (κ1) is 14.1. The van der Waals surface area contributed by atoms with Gasteiger partial charge in [-0.3, -0.25) is 0 Å². The highest BCUT2D eigenvalue weighted by molar-refractivity contribution is 8.07. The number of hydrogen-bond acceptors (Lipinski definition) is 3. The molecule has 1 aliphatic heterocycles. The summed E-state index contributed by atoms with van der Waals surface area (Å²) in [6.07, 6.45) is 5.78. The van der Waals surface area contributed by atoms with Gasteiger partial charge in [0.2, 0.25) is 0 Å². The van der Waals surface area contributed by atoms with Crippen molar-refractivity contribution >= 4 is 23.5 Å². The average Bonchev–Trinajstić information content (AvgIpc) is 2.35. The molecule has 0 spiro atoms. The van der Waals surface area contributed by atoms with Gasteiger partial charge in [-0.2, -0.15) is 23.5 Å². The van der Waals surface area contributed by atoms with Crippen molar-refractivity contribution in [1.29, 1.82) is 0 Å². The molecule has 0 amide bonds. The van der Waals surface area contributed by atoms with Crippen LogP contribution in [0.5, 0.6) is 0 Å². The van der Waals surface area contributed by atoms with Gasteiger partial charge < -0.3 is 5.32 Å². The fourth-order valence-electron chi connectivity index (χ4n) is 3.36. The monoisotopic (exact) mass is 273 g/mol. The fraction of sp³-hybridized carbons (Fsp3) is 1.00. The van der Waals surface area contributed by atoms with Gasteiger partial charge >= 0.3 is 0 Å². The molecule has 1 saturated heterocycles. The van der Waals surface area contributed by atoms with Gasteiger partial charge in [-0.1, -0.05) is 26.7 Å². The van der Waals surface area contributed by atoms with Crippen LogP contribution in [-0.2, 0) is 0 Å². The summed E-state index contributed by atoms with van der Waals surface area (Å²) in [6.45, 7) is 4.84. The lowest BCUT2D eigenvalue weighted by Gasteiger charge is -2.41. The van der Waals surface area contributed by atoms with Crippen molar-refractivity contribution in [2.45, 2.75) is 56.1 Å². The number of nitrogens with one attached hydrogen (secondary N) is 1. The molecule has 1 N–H and O–H groups in total. The second-order valence-corrected chi connectivity index (χ2v) is 8.52. The molecular weight excluding hydrogens is 246 g/mol. The summed E-state index contributed by atoms with van der Waals surface area (Å²) in [5, 5.41) is 5.31. The Morgan fingerprint density at radius 1 is 1.00 bits per heavy atom. The van der Waals surface area contributed by atoms with E-state index in [1.54, 1.807) is 0 Å². The summed E-state index contributed by atoms with van der Waals surface area (Å²) in [5.41, 5.74) is 0. The van der Waals surface area contributed by atoms with Crippen LogP contribution in [0, 0.1) is 11.8 Å². The van der Waals surface area contributed by atoms with Gasteiger partial charge in [0.1, 0.15) is 0 Å². The van der Waals surface area contributed by atoms with E-state index in [0.717, 1.165) is 28.4 Å². The largest absolute Gasteiger partial charge is 0.316 e. The summed E-state index contributed by atoms with van der Waals surface area (Å²) < 4.78 is 0. The van der Waals surface area contributed by atoms with Gasteiger partial charge in [0.05, 0.1) is 0 Å². The molecule has 0 radical (unpaired) electrons. The van der Waals surface area contributed by atoms with Crippen molar-refractivity contribution in [2.75, 3.05) is 18.6 Å². The van der Waals surface area contributed by atoms with Crippen LogP contribution >= 0.6 is 23.5 Å². The van der Waals surface area contributed by atoms with E-state index in [1.807, 2.05) is 0 Å². The Hall–Kier alpha value is 0.660. The second kappa shape index (κ2) is 6.72. The summed E-state index contributed by atoms with van der Waals surface area (Å²) in [7, 11) is 2.18. The Balaban J connectivity index is 1.94. The Morgan fingerprint density at radius 3 is 2.24 bits per heavy atom. The third-order valence-electron chi connectivity index (χ3n) is 4.49. The molecule has 2 aliphatic rings. The Bertz CT molecular complexity index is 226. The minimum absolute atomic E-state index is 0.746. The molecule has 3 unspecified atom stereocenters. The van der Waals surface area contributed by atoms with E-state index in [9.17, 15) is 0 Å². The van der Waals surface area contributed by atoms with Crippen LogP contribution in [0.2, 0.25) is 0 Å². The van der Waals surface area contributed by atoms with Gasteiger partial charge in [0.25, 0.3) is 0 Å². The molecule has 1 aliphatic carbocycles. The van der Waals surface area contributed by atoms with E-state index >= 15 is 0 Å². The third-order valence-corrected chi connectivity index (χ3v) is 7.71. The maximum Gasteiger partial charge on any atom is 0.0320 e. The zero-order valence-corrected chi connectivity index (χ0v) is 13.1. The lowest BCUT2D eigenvalue weighted by atomic mass is 9.78. The van der Waals surface area contributed by atoms with Crippen molar-refractivity contribution in [3.8, 4) is 0 Å². The number of rotatable bonds is 3. The summed E-state index contributed by atoms with van der Waals surface area (Å²) in [6, 6.07) is 0.746. The first-order valence-electron chi connectivity index (χ1n) is 7.13. The summed E-state index contributed by atoms with van der Waals surface area (Å²) in [4.78, 5) is 0. The highest BCUT2D eigenvalue weighted by Gasteiger charge is 2.35. The lowest BCUT2D eigenvalue weighted by Crippen LogP contribution is -2.48. The topological polar surface area (TPSA) is 12.0 Å². The molecule has 1 saturated carbocycles. The molecule has 0 bridgehead atoms. The van der Waals surface area contributed by atoms with Gasteiger partial charge in [-0.05, 0) is 31.7 Å². The molecule has 100 valence electrons. The average molecular weight is 274 g/mol. The molecule has 0 aromatic carbocycles. The van der Waals surface area contributed by atoms with Crippen molar-refractivity contribution < 1.29 is 0 Å². The van der Waals surface area contributed by atoms with Gasteiger partial charge in [-0.15, -0.1) is 0 Å². The third kappa shape index (κ3) is 3.57. The van der Waals surface area contributed by atoms with Crippen LogP contribution in [0.3, 0.4) is 0 Å². The fourth-order valence-corrected chi connectivity index (χ4v) is 6.44. The molecule has 3 atom stereocenters. The lowest BCUT2D eigenvalue weighted by molar-refractivity contribution is 0.232. The van der Waals surface area contributed by atoms with Crippen LogP contribution in [0.4, 0.5) is 0 Å². The quantitative estimate of drug-likeness (QED) is 0.843. The molecule has 1 heterocycles. The maximum atomic E-state index is 3.65. The van der Waals surface area contributed by atoms with Crippen LogP contribution in [0.1, 0.15) is 39.5 Å². The first-order valence-corrected chi connectivity index (χ1v) is 9.22. The maximum absolute atomic E-state index is 3.65. The van der Waals surface area contributed by atoms with Crippen LogP contribution in [0.15, 0.2) is 0 Å². The molecule has 17 heavy (non-hydrogen) atoms. The molecular formula is C14H27NS2. The minimum Gasteiger partial charge on any atom is -0.316 e. The standard InChI is InChI=1S/C14H27NS2/c1-10-4-6-12(7-5-10)13(15-3)14-11(2)16-8-9-17-14/h10-15H,4-9H2,1-3H3. The van der Waals surface area contributed by atoms with Gasteiger partial charge in [0, 0.05) is 28.0 Å². The molecule has 0 aromatic heterocycles. The van der Waals surface area contributed by atoms with Crippen LogP contribution in [-0.4, -0.2) is 35.1 Å². The van der Waals surface area contributed by atoms with E-state index < -0.39 is 0 Å². The summed E-state index contributed by atoms with van der Waals surface area (Å²) in [5.74, 6) is 4.59. The predicted octanol–water partition coefficient (Wildman–Crippen LogP) is 3.64. The summed E-state index contributed by atoms with van der Waals surface area (Å²) >= 11 is 4.39. The molecule has 1 nitrogen and oxygen atoms in total. The van der Waals surface area contributed by atoms with Crippen molar-refractivity contribution in [3.05, 3.63) is 0 Å². The number of thioether (sulfide) groups is 2. The first-order chi connectivity index (χ1) is 8.22. The van der Waals surface area contributed by atoms with Crippen molar-refractivity contribution in [1.82, 2.24) is 5.32 Å². The van der Waals surface area contributed by atoms with Crippen molar-refractivity contribution in [3.63, 3.8) is 0 Å². The Labute approximate surface area is 115 Å². The van der Waals surface area contributed by atoms with E-state index in [-0.39, 0.29) is 0 Å². The van der Waals surface area contributed by atoms with E-state index in [2.05, 4.69) is 49.7 Å². The zero-order chi connectivity index (χ0) is 12.3. The minimum atomic E-state index is 0.746. The molecule has 2 rings (SSSR count). The van der Waals surface area contributed by atoms with Crippen LogP contribution in [0.25, 0.3) is 0 Å². The van der Waals surface area contributed by atoms with Gasteiger partial charge in [-0.25, -0.2) is 0 Å². The highest BCUT2D eigenvalue weighted by atomic mass is 32.2. The van der Waals surface area contributed by atoms with E-state index in [1.165, 1.54) is 37.2 Å². The Kier molecular flexibility index (Phi) is 5.56. The molecule has 2 fully saturated rings. The second-order valence-electron chi connectivity index (χ2n) is 5.75. The SMILES string of the molecule is CNC(C1CCC(C)CC1)C1SCCSC1C. The molecule has 3 heteroatoms. The normalized spacial score (nSPS) is 41.1. The highest BCUT2D eigenvalue weighted by Crippen LogP contribution is 2.39. The van der Waals surface area contributed by atoms with Gasteiger partial charge in [0.15, 0.2) is 0 Å². The smallest absolute Gasteiger partial charge is 0.0320 e. The van der Waals surface area contributed by atoms with E-state index in [0.29, 0.717) is 0 Å². The molecule has 0 aromatic rings. The van der Waals surface area contributed by atoms with E-state index in [4.69, 9.17) is 0 Å². The Morgan fingerprint density at radius 2 is 1.65 bits per heavy atom. The number of hydrogen-bond donors (Lipinski definition) is 1. The van der Waals surface area contributed by atoms with Crippen LogP contribution < -0.4 is 5.32 Å². The zero-order valence-electron chi connectivity index (χ0n) is 11.4. The van der Waals surface area contributed by atoms with Crippen molar-refractivity contribution in [2.24, 2.45) is 11.8 Å². The predicted molar refractivity (Wildman–Crippen MR) is 82.1 cm³/mol.